The third kappa shape index (κ3) is 5.30. The average molecular weight is 185 g/mol. The van der Waals surface area contributed by atoms with E-state index in [0.29, 0.717) is 0 Å². The van der Waals surface area contributed by atoms with Crippen LogP contribution in [-0.4, -0.2) is 12.6 Å². The van der Waals surface area contributed by atoms with E-state index in [1.807, 2.05) is 0 Å². The first-order valence-corrected chi connectivity index (χ1v) is 6.03. The summed E-state index contributed by atoms with van der Waals surface area (Å²) in [6, 6.07) is 0.751. The molecule has 0 aliphatic heterocycles. The van der Waals surface area contributed by atoms with Crippen LogP contribution in [0.25, 0.3) is 0 Å². The van der Waals surface area contributed by atoms with Crippen molar-refractivity contribution in [1.82, 2.24) is 5.32 Å². The van der Waals surface area contributed by atoms with Gasteiger partial charge in [-0.2, -0.15) is 0 Å². The van der Waals surface area contributed by atoms with Gasteiger partial charge in [-0.15, -0.1) is 0 Å². The third-order valence-corrected chi connectivity index (χ3v) is 2.93. The van der Waals surface area contributed by atoms with Crippen LogP contribution in [0.3, 0.4) is 0 Å². The zero-order chi connectivity index (χ0) is 10.1. The van der Waals surface area contributed by atoms with Crippen molar-refractivity contribution >= 4 is 0 Å². The Morgan fingerprint density at radius 3 is 2.08 bits per heavy atom. The molecule has 80 valence electrons. The smallest absolute Gasteiger partial charge is 0.00924 e. The molecule has 0 aromatic heterocycles. The van der Waals surface area contributed by atoms with Crippen LogP contribution in [-0.2, 0) is 0 Å². The zero-order valence-corrected chi connectivity index (χ0v) is 9.90. The van der Waals surface area contributed by atoms with E-state index >= 15 is 0 Å². The van der Waals surface area contributed by atoms with Crippen LogP contribution >= 0.6 is 0 Å². The van der Waals surface area contributed by atoms with Gasteiger partial charge in [0.05, 0.1) is 0 Å². The van der Waals surface area contributed by atoms with Crippen molar-refractivity contribution in [2.75, 3.05) is 6.54 Å². The Hall–Kier alpha value is -0.0400. The van der Waals surface area contributed by atoms with Crippen LogP contribution in [0.5, 0.6) is 0 Å². The molecule has 0 rings (SSSR count). The summed E-state index contributed by atoms with van der Waals surface area (Å²) in [5.74, 6) is 0.893. The SMILES string of the molecule is CCCCC(CC)C(CC)NCC. The Balaban J connectivity index is 3.84. The molecule has 1 heteroatoms. The summed E-state index contributed by atoms with van der Waals surface area (Å²) in [6.45, 7) is 10.2. The molecule has 13 heavy (non-hydrogen) atoms. The molecule has 0 spiro atoms. The summed E-state index contributed by atoms with van der Waals surface area (Å²) in [6.07, 6.45) is 6.72. The van der Waals surface area contributed by atoms with E-state index in [1.54, 1.807) is 0 Å². The summed E-state index contributed by atoms with van der Waals surface area (Å²) in [4.78, 5) is 0. The van der Waals surface area contributed by atoms with Crippen LogP contribution in [0, 0.1) is 5.92 Å². The molecule has 0 fully saturated rings. The first-order valence-electron chi connectivity index (χ1n) is 6.03. The van der Waals surface area contributed by atoms with Gasteiger partial charge in [-0.1, -0.05) is 47.0 Å². The van der Waals surface area contributed by atoms with Gasteiger partial charge in [0.1, 0.15) is 0 Å². The van der Waals surface area contributed by atoms with Gasteiger partial charge in [0.15, 0.2) is 0 Å². The molecular formula is C12H27N. The fourth-order valence-corrected chi connectivity index (χ4v) is 2.06. The lowest BCUT2D eigenvalue weighted by Gasteiger charge is -2.25. The maximum absolute atomic E-state index is 3.59. The lowest BCUT2D eigenvalue weighted by atomic mass is 9.90. The molecule has 0 aliphatic carbocycles. The molecule has 0 amide bonds. The number of rotatable bonds is 8. The summed E-state index contributed by atoms with van der Waals surface area (Å²) >= 11 is 0. The van der Waals surface area contributed by atoms with Crippen molar-refractivity contribution in [2.24, 2.45) is 5.92 Å². The molecule has 1 N–H and O–H groups in total. The highest BCUT2D eigenvalue weighted by Crippen LogP contribution is 2.18. The zero-order valence-electron chi connectivity index (χ0n) is 9.90. The van der Waals surface area contributed by atoms with Gasteiger partial charge < -0.3 is 5.32 Å². The molecular weight excluding hydrogens is 158 g/mol. The first kappa shape index (κ1) is 13.0. The highest BCUT2D eigenvalue weighted by atomic mass is 14.9. The molecule has 0 aromatic carbocycles. The molecule has 2 atom stereocenters. The molecule has 0 saturated carbocycles. The Labute approximate surface area is 84.3 Å². The molecule has 0 heterocycles. The minimum Gasteiger partial charge on any atom is -0.314 e. The Morgan fingerprint density at radius 1 is 1.00 bits per heavy atom. The Bertz CT molecular complexity index is 101. The molecule has 0 aliphatic rings. The predicted octanol–water partition coefficient (Wildman–Crippen LogP) is 3.59. The van der Waals surface area contributed by atoms with Crippen molar-refractivity contribution in [3.05, 3.63) is 0 Å². The van der Waals surface area contributed by atoms with E-state index in [1.165, 1.54) is 32.1 Å². The van der Waals surface area contributed by atoms with E-state index < -0.39 is 0 Å². The Kier molecular flexibility index (Phi) is 8.53. The summed E-state index contributed by atoms with van der Waals surface area (Å²) in [7, 11) is 0. The van der Waals surface area contributed by atoms with Crippen LogP contribution in [0.1, 0.15) is 59.8 Å². The van der Waals surface area contributed by atoms with Crippen molar-refractivity contribution in [3.63, 3.8) is 0 Å². The monoisotopic (exact) mass is 185 g/mol. The topological polar surface area (TPSA) is 12.0 Å². The van der Waals surface area contributed by atoms with Gasteiger partial charge in [-0.25, -0.2) is 0 Å². The molecule has 0 radical (unpaired) electrons. The van der Waals surface area contributed by atoms with Crippen molar-refractivity contribution in [2.45, 2.75) is 65.8 Å². The Morgan fingerprint density at radius 2 is 1.69 bits per heavy atom. The van der Waals surface area contributed by atoms with Crippen molar-refractivity contribution < 1.29 is 0 Å². The molecule has 0 bridgehead atoms. The highest BCUT2D eigenvalue weighted by Gasteiger charge is 2.15. The van der Waals surface area contributed by atoms with E-state index in [9.17, 15) is 0 Å². The van der Waals surface area contributed by atoms with Crippen LogP contribution in [0.4, 0.5) is 0 Å². The van der Waals surface area contributed by atoms with E-state index in [0.717, 1.165) is 18.5 Å². The van der Waals surface area contributed by atoms with Crippen LogP contribution < -0.4 is 5.32 Å². The second-order valence-corrected chi connectivity index (χ2v) is 3.88. The van der Waals surface area contributed by atoms with Gasteiger partial charge in [0.25, 0.3) is 0 Å². The van der Waals surface area contributed by atoms with Crippen LogP contribution in [0.15, 0.2) is 0 Å². The second kappa shape index (κ2) is 8.55. The average Bonchev–Trinajstić information content (AvgIpc) is 2.17. The summed E-state index contributed by atoms with van der Waals surface area (Å²) in [5, 5.41) is 3.59. The van der Waals surface area contributed by atoms with Gasteiger partial charge in [0, 0.05) is 6.04 Å². The summed E-state index contributed by atoms with van der Waals surface area (Å²) in [5.41, 5.74) is 0. The first-order chi connectivity index (χ1) is 6.29. The molecule has 0 saturated heterocycles. The second-order valence-electron chi connectivity index (χ2n) is 3.88. The number of hydrogen-bond donors (Lipinski definition) is 1. The summed E-state index contributed by atoms with van der Waals surface area (Å²) < 4.78 is 0. The van der Waals surface area contributed by atoms with Gasteiger partial charge in [-0.3, -0.25) is 0 Å². The lowest BCUT2D eigenvalue weighted by Crippen LogP contribution is -2.35. The standard InChI is InChI=1S/C12H27N/c1-5-9-10-11(6-2)12(7-3)13-8-4/h11-13H,5-10H2,1-4H3. The molecule has 1 nitrogen and oxygen atoms in total. The minimum atomic E-state index is 0.751. The number of unbranched alkanes of at least 4 members (excludes halogenated alkanes) is 1. The van der Waals surface area contributed by atoms with Crippen molar-refractivity contribution in [3.8, 4) is 0 Å². The maximum atomic E-state index is 3.59. The van der Waals surface area contributed by atoms with E-state index in [-0.39, 0.29) is 0 Å². The van der Waals surface area contributed by atoms with E-state index in [4.69, 9.17) is 0 Å². The quantitative estimate of drug-likeness (QED) is 0.609. The fourth-order valence-electron chi connectivity index (χ4n) is 2.06. The minimum absolute atomic E-state index is 0.751. The van der Waals surface area contributed by atoms with Gasteiger partial charge >= 0.3 is 0 Å². The number of hydrogen-bond acceptors (Lipinski definition) is 1. The number of nitrogens with one attached hydrogen (secondary N) is 1. The fraction of sp³-hybridized carbons (Fsp3) is 1.00. The van der Waals surface area contributed by atoms with E-state index in [2.05, 4.69) is 33.0 Å². The largest absolute Gasteiger partial charge is 0.314 e. The maximum Gasteiger partial charge on any atom is 0.00924 e. The van der Waals surface area contributed by atoms with Gasteiger partial charge in [-0.05, 0) is 25.3 Å². The van der Waals surface area contributed by atoms with Gasteiger partial charge in [0.2, 0.25) is 0 Å². The molecule has 0 aromatic rings. The third-order valence-electron chi connectivity index (χ3n) is 2.93. The lowest BCUT2D eigenvalue weighted by molar-refractivity contribution is 0.314. The van der Waals surface area contributed by atoms with Crippen molar-refractivity contribution in [1.29, 1.82) is 0 Å². The highest BCUT2D eigenvalue weighted by molar-refractivity contribution is 4.73. The van der Waals surface area contributed by atoms with Crippen LogP contribution in [0.2, 0.25) is 0 Å². The molecule has 2 unspecified atom stereocenters. The normalized spacial score (nSPS) is 15.7. The predicted molar refractivity (Wildman–Crippen MR) is 61.1 cm³/mol.